The fraction of sp³-hybridized carbons (Fsp3) is 0.462. The van der Waals surface area contributed by atoms with E-state index in [0.717, 1.165) is 30.9 Å². The summed E-state index contributed by atoms with van der Waals surface area (Å²) in [7, 11) is 1.71. The number of nitrogens with one attached hydrogen (secondary N) is 1. The molecule has 0 amide bonds. The van der Waals surface area contributed by atoms with E-state index in [1.807, 2.05) is 0 Å². The van der Waals surface area contributed by atoms with Crippen molar-refractivity contribution >= 4 is 5.69 Å². The van der Waals surface area contributed by atoms with Gasteiger partial charge in [0.25, 0.3) is 0 Å². The van der Waals surface area contributed by atoms with Crippen molar-refractivity contribution in [1.29, 1.82) is 0 Å². The molecule has 3 atom stereocenters. The number of rotatable bonds is 9. The van der Waals surface area contributed by atoms with Gasteiger partial charge in [-0.1, -0.05) is 56.9 Å². The van der Waals surface area contributed by atoms with Crippen molar-refractivity contribution in [3.05, 3.63) is 65.7 Å². The topological polar surface area (TPSA) is 30.5 Å². The molecule has 0 fully saturated rings. The highest BCUT2D eigenvalue weighted by Gasteiger charge is 2.38. The van der Waals surface area contributed by atoms with Crippen LogP contribution in [0, 0.1) is 5.92 Å². The average molecular weight is 392 g/mol. The smallest absolute Gasteiger partial charge is 0.119 e. The van der Waals surface area contributed by atoms with Crippen molar-refractivity contribution in [2.45, 2.75) is 57.4 Å². The van der Waals surface area contributed by atoms with Gasteiger partial charge in [0.2, 0.25) is 0 Å². The molecule has 0 aromatic heterocycles. The van der Waals surface area contributed by atoms with Crippen LogP contribution in [0.3, 0.4) is 0 Å². The summed E-state index contributed by atoms with van der Waals surface area (Å²) in [5.41, 5.74) is 3.92. The second-order valence-electron chi connectivity index (χ2n) is 8.26. The molecule has 1 aliphatic carbocycles. The highest BCUT2D eigenvalue weighted by Crippen LogP contribution is 2.50. The maximum Gasteiger partial charge on any atom is 0.119 e. The summed E-state index contributed by atoms with van der Waals surface area (Å²) in [5, 5.41) is 3.80. The highest BCUT2D eigenvalue weighted by molar-refractivity contribution is 5.61. The van der Waals surface area contributed by atoms with Crippen molar-refractivity contribution in [3.8, 4) is 11.5 Å². The van der Waals surface area contributed by atoms with Gasteiger partial charge in [-0.3, -0.25) is 0 Å². The first kappa shape index (κ1) is 19.9. The summed E-state index contributed by atoms with van der Waals surface area (Å²) < 4.78 is 11.4. The van der Waals surface area contributed by atoms with Gasteiger partial charge in [0, 0.05) is 11.6 Å². The third-order valence-corrected chi connectivity index (χ3v) is 6.33. The molecule has 154 valence electrons. The Bertz CT molecular complexity index is 827. The monoisotopic (exact) mass is 391 g/mol. The number of hydrogen-bond donors (Lipinski definition) is 1. The molecule has 4 rings (SSSR count). The largest absolute Gasteiger partial charge is 0.497 e. The molecule has 3 heteroatoms. The van der Waals surface area contributed by atoms with Gasteiger partial charge in [0.1, 0.15) is 11.5 Å². The molecule has 3 unspecified atom stereocenters. The summed E-state index contributed by atoms with van der Waals surface area (Å²) in [5.74, 6) is 2.90. The molecule has 2 aromatic rings. The number of benzene rings is 2. The Morgan fingerprint density at radius 1 is 0.966 bits per heavy atom. The van der Waals surface area contributed by atoms with Crippen molar-refractivity contribution in [1.82, 2.24) is 0 Å². The van der Waals surface area contributed by atoms with E-state index in [-0.39, 0.29) is 0 Å². The number of methoxy groups -OCH3 is 1. The van der Waals surface area contributed by atoms with E-state index >= 15 is 0 Å². The lowest BCUT2D eigenvalue weighted by molar-refractivity contribution is 0.303. The summed E-state index contributed by atoms with van der Waals surface area (Å²) in [6.45, 7) is 3.07. The van der Waals surface area contributed by atoms with Gasteiger partial charge < -0.3 is 14.8 Å². The number of anilines is 1. The zero-order chi connectivity index (χ0) is 20.1. The van der Waals surface area contributed by atoms with Gasteiger partial charge in [-0.15, -0.1) is 0 Å². The zero-order valence-electron chi connectivity index (χ0n) is 17.7. The fourth-order valence-corrected chi connectivity index (χ4v) is 4.70. The molecule has 0 radical (unpaired) electrons. The first-order valence-electron chi connectivity index (χ1n) is 11.1. The quantitative estimate of drug-likeness (QED) is 0.374. The number of hydrogen-bond acceptors (Lipinski definition) is 3. The van der Waals surface area contributed by atoms with E-state index in [1.165, 1.54) is 42.5 Å². The van der Waals surface area contributed by atoms with E-state index in [9.17, 15) is 0 Å². The van der Waals surface area contributed by atoms with Crippen LogP contribution in [-0.2, 0) is 0 Å². The lowest BCUT2D eigenvalue weighted by atomic mass is 9.77. The molecule has 29 heavy (non-hydrogen) atoms. The van der Waals surface area contributed by atoms with Gasteiger partial charge in [0.15, 0.2) is 0 Å². The van der Waals surface area contributed by atoms with Crippen LogP contribution in [0.25, 0.3) is 0 Å². The van der Waals surface area contributed by atoms with Gasteiger partial charge >= 0.3 is 0 Å². The lowest BCUT2D eigenvalue weighted by Crippen LogP contribution is -2.29. The van der Waals surface area contributed by atoms with Crippen LogP contribution in [-0.4, -0.2) is 13.7 Å². The van der Waals surface area contributed by atoms with Crippen LogP contribution in [0.2, 0.25) is 0 Å². The minimum absolute atomic E-state index is 0.318. The Morgan fingerprint density at radius 3 is 2.55 bits per heavy atom. The molecule has 1 heterocycles. The van der Waals surface area contributed by atoms with Crippen molar-refractivity contribution < 1.29 is 9.47 Å². The van der Waals surface area contributed by atoms with Gasteiger partial charge in [-0.2, -0.15) is 0 Å². The van der Waals surface area contributed by atoms with Crippen LogP contribution < -0.4 is 14.8 Å². The van der Waals surface area contributed by atoms with Crippen molar-refractivity contribution in [2.75, 3.05) is 19.0 Å². The Kier molecular flexibility index (Phi) is 6.43. The van der Waals surface area contributed by atoms with E-state index in [2.05, 4.69) is 66.9 Å². The van der Waals surface area contributed by atoms with Crippen molar-refractivity contribution in [3.63, 3.8) is 0 Å². The maximum atomic E-state index is 6.07. The second-order valence-corrected chi connectivity index (χ2v) is 8.26. The van der Waals surface area contributed by atoms with Crippen LogP contribution in [0.4, 0.5) is 5.69 Å². The van der Waals surface area contributed by atoms with Crippen molar-refractivity contribution in [2.24, 2.45) is 5.92 Å². The molecule has 3 nitrogen and oxygen atoms in total. The number of allylic oxidation sites excluding steroid dienone is 2. The number of ether oxygens (including phenoxy) is 2. The van der Waals surface area contributed by atoms with Crippen LogP contribution in [0.1, 0.15) is 68.5 Å². The minimum Gasteiger partial charge on any atom is -0.497 e. The Morgan fingerprint density at radius 2 is 1.76 bits per heavy atom. The average Bonchev–Trinajstić information content (AvgIpc) is 3.26. The molecule has 1 aliphatic heterocycles. The van der Waals surface area contributed by atoms with Crippen LogP contribution in [0.5, 0.6) is 11.5 Å². The first-order valence-corrected chi connectivity index (χ1v) is 11.1. The lowest BCUT2D eigenvalue weighted by Gasteiger charge is -2.37. The van der Waals surface area contributed by atoms with Gasteiger partial charge in [-0.25, -0.2) is 0 Å². The number of unbranched alkanes of at least 4 members (excludes halogenated alkanes) is 4. The molecule has 0 saturated heterocycles. The molecule has 0 bridgehead atoms. The van der Waals surface area contributed by atoms with Crippen LogP contribution >= 0.6 is 0 Å². The molecule has 0 spiro atoms. The zero-order valence-corrected chi connectivity index (χ0v) is 17.7. The van der Waals surface area contributed by atoms with Gasteiger partial charge in [-0.05, 0) is 60.2 Å². The van der Waals surface area contributed by atoms with E-state index in [0.29, 0.717) is 17.9 Å². The standard InChI is InChI=1S/C26H33NO2/c1-3-4-5-6-7-17-29-21-15-16-25-24(18-21)22-9-8-10-23(22)26(27-25)19-11-13-20(28-2)14-12-19/h8-9,11-16,18,22-23,26-27H,3-7,10,17H2,1-2H3. The molecule has 2 aromatic carbocycles. The van der Waals surface area contributed by atoms with E-state index in [4.69, 9.17) is 9.47 Å². The Hall–Kier alpha value is -2.42. The third kappa shape index (κ3) is 4.44. The third-order valence-electron chi connectivity index (χ3n) is 6.33. The van der Waals surface area contributed by atoms with E-state index in [1.54, 1.807) is 7.11 Å². The predicted octanol–water partition coefficient (Wildman–Crippen LogP) is 6.87. The van der Waals surface area contributed by atoms with Gasteiger partial charge in [0.05, 0.1) is 19.8 Å². The molecule has 0 saturated carbocycles. The first-order chi connectivity index (χ1) is 14.3. The van der Waals surface area contributed by atoms with Crippen LogP contribution in [0.15, 0.2) is 54.6 Å². The fourth-order valence-electron chi connectivity index (χ4n) is 4.70. The Balaban J connectivity index is 1.46. The Labute approximate surface area is 175 Å². The maximum absolute atomic E-state index is 6.07. The molecular weight excluding hydrogens is 358 g/mol. The summed E-state index contributed by atoms with van der Waals surface area (Å²) >= 11 is 0. The SMILES string of the molecule is CCCCCCCOc1ccc2c(c1)C1C=CCC1C(c1ccc(OC)cc1)N2. The predicted molar refractivity (Wildman–Crippen MR) is 120 cm³/mol. The molecule has 2 aliphatic rings. The summed E-state index contributed by atoms with van der Waals surface area (Å²) in [4.78, 5) is 0. The molecule has 1 N–H and O–H groups in total. The summed E-state index contributed by atoms with van der Waals surface area (Å²) in [6.07, 6.45) is 12.2. The number of fused-ring (bicyclic) bond motifs is 3. The second kappa shape index (κ2) is 9.39. The minimum atomic E-state index is 0.318. The summed E-state index contributed by atoms with van der Waals surface area (Å²) in [6, 6.07) is 15.4. The highest BCUT2D eigenvalue weighted by atomic mass is 16.5. The molecular formula is C26H33NO2. The van der Waals surface area contributed by atoms with E-state index < -0.39 is 0 Å². The normalized spacial score (nSPS) is 21.9.